The topological polar surface area (TPSA) is 66.6 Å². The summed E-state index contributed by atoms with van der Waals surface area (Å²) in [6.07, 6.45) is 0.318. The van der Waals surface area contributed by atoms with Crippen LogP contribution in [-0.2, 0) is 9.59 Å². The highest BCUT2D eigenvalue weighted by atomic mass is 32.2. The highest BCUT2D eigenvalue weighted by molar-refractivity contribution is 8.00. The normalized spacial score (nSPS) is 22.0. The highest BCUT2D eigenvalue weighted by Gasteiger charge is 2.34. The fourth-order valence-electron chi connectivity index (χ4n) is 3.85. The second-order valence-corrected chi connectivity index (χ2v) is 8.05. The Kier molecular flexibility index (Phi) is 5.18. The van der Waals surface area contributed by atoms with E-state index < -0.39 is 0 Å². The van der Waals surface area contributed by atoms with Gasteiger partial charge in [-0.3, -0.25) is 9.59 Å². The number of nitrogens with two attached hydrogens (primary N) is 1. The van der Waals surface area contributed by atoms with Gasteiger partial charge >= 0.3 is 0 Å². The first-order valence-corrected chi connectivity index (χ1v) is 10.2. The molecule has 1 saturated heterocycles. The van der Waals surface area contributed by atoms with Crippen LogP contribution in [0.15, 0.2) is 59.5 Å². The summed E-state index contributed by atoms with van der Waals surface area (Å²) in [4.78, 5) is 29.8. The van der Waals surface area contributed by atoms with E-state index in [1.165, 1.54) is 5.56 Å². The predicted octanol–water partition coefficient (Wildman–Crippen LogP) is 2.47. The molecule has 0 spiro atoms. The number of carbonyl (C=O) groups is 2. The number of anilines is 1. The molecule has 2 aromatic carbocycles. The van der Waals surface area contributed by atoms with E-state index in [9.17, 15) is 9.59 Å². The fourth-order valence-corrected chi connectivity index (χ4v) is 4.79. The first-order chi connectivity index (χ1) is 13.1. The molecule has 0 bridgehead atoms. The van der Waals surface area contributed by atoms with Crippen LogP contribution in [0.3, 0.4) is 0 Å². The molecule has 2 aliphatic heterocycles. The van der Waals surface area contributed by atoms with E-state index in [4.69, 9.17) is 5.73 Å². The Morgan fingerprint density at radius 3 is 2.63 bits per heavy atom. The molecule has 27 heavy (non-hydrogen) atoms. The van der Waals surface area contributed by atoms with Crippen molar-refractivity contribution in [2.24, 2.45) is 5.73 Å². The van der Waals surface area contributed by atoms with Gasteiger partial charge in [-0.1, -0.05) is 42.5 Å². The number of thioether (sulfide) groups is 1. The van der Waals surface area contributed by atoms with Gasteiger partial charge in [0.05, 0.1) is 11.4 Å². The summed E-state index contributed by atoms with van der Waals surface area (Å²) < 4.78 is 0. The fraction of sp³-hybridized carbons (Fsp3) is 0.333. The lowest BCUT2D eigenvalue weighted by Crippen LogP contribution is -2.39. The third-order valence-corrected chi connectivity index (χ3v) is 6.35. The van der Waals surface area contributed by atoms with Crippen LogP contribution in [0.2, 0.25) is 0 Å². The second kappa shape index (κ2) is 7.74. The summed E-state index contributed by atoms with van der Waals surface area (Å²) in [5, 5.41) is 0. The zero-order valence-corrected chi connectivity index (χ0v) is 15.9. The van der Waals surface area contributed by atoms with Crippen molar-refractivity contribution in [2.75, 3.05) is 30.3 Å². The number of hydrogen-bond acceptors (Lipinski definition) is 4. The van der Waals surface area contributed by atoms with E-state index in [-0.39, 0.29) is 23.8 Å². The number of rotatable bonds is 4. The lowest BCUT2D eigenvalue weighted by Gasteiger charge is -2.29. The summed E-state index contributed by atoms with van der Waals surface area (Å²) >= 11 is 1.56. The summed E-state index contributed by atoms with van der Waals surface area (Å²) in [5.74, 6) is 0.721. The first kappa shape index (κ1) is 18.1. The minimum atomic E-state index is -0.0508. The lowest BCUT2D eigenvalue weighted by molar-refractivity contribution is -0.130. The van der Waals surface area contributed by atoms with Crippen LogP contribution < -0.4 is 10.6 Å². The van der Waals surface area contributed by atoms with E-state index in [1.54, 1.807) is 16.7 Å². The molecule has 1 fully saturated rings. The predicted molar refractivity (Wildman–Crippen MR) is 108 cm³/mol. The third-order valence-electron chi connectivity index (χ3n) is 5.30. The molecule has 2 aliphatic rings. The second-order valence-electron chi connectivity index (χ2n) is 7.03. The molecule has 0 radical (unpaired) electrons. The summed E-state index contributed by atoms with van der Waals surface area (Å²) in [6, 6.07) is 17.9. The minimum absolute atomic E-state index is 0.0508. The molecule has 2 heterocycles. The van der Waals surface area contributed by atoms with Gasteiger partial charge in [-0.05, 0) is 17.7 Å². The number of hydrogen-bond donors (Lipinski definition) is 1. The molecule has 5 nitrogen and oxygen atoms in total. The number of amides is 2. The van der Waals surface area contributed by atoms with E-state index in [0.717, 1.165) is 10.6 Å². The molecular weight excluding hydrogens is 358 g/mol. The Bertz CT molecular complexity index is 842. The van der Waals surface area contributed by atoms with Gasteiger partial charge in [-0.15, -0.1) is 11.8 Å². The van der Waals surface area contributed by atoms with Crippen molar-refractivity contribution in [2.45, 2.75) is 23.3 Å². The molecule has 2 aromatic rings. The maximum Gasteiger partial charge on any atom is 0.237 e. The molecule has 2 amide bonds. The average Bonchev–Trinajstić information content (AvgIpc) is 3.09. The summed E-state index contributed by atoms with van der Waals surface area (Å²) in [6.45, 7) is 1.63. The molecule has 0 aliphatic carbocycles. The standard InChI is InChI=1S/C21H23N3O2S/c22-17-13-23(12-16(17)15-6-2-1-3-7-15)20(25)10-11-24-18-8-4-5-9-19(18)27-14-21(24)26/h1-9,16-17H,10-14,22H2/t16-,17+/m0/s1. The van der Waals surface area contributed by atoms with Gasteiger partial charge in [0.15, 0.2) is 0 Å². The van der Waals surface area contributed by atoms with E-state index >= 15 is 0 Å². The van der Waals surface area contributed by atoms with Gasteiger partial charge < -0.3 is 15.5 Å². The molecule has 6 heteroatoms. The largest absolute Gasteiger partial charge is 0.340 e. The Hall–Kier alpha value is -2.31. The zero-order valence-electron chi connectivity index (χ0n) is 15.1. The number of carbonyl (C=O) groups excluding carboxylic acids is 2. The van der Waals surface area contributed by atoms with Gasteiger partial charge in [-0.25, -0.2) is 0 Å². The van der Waals surface area contributed by atoms with Crippen molar-refractivity contribution >= 4 is 29.3 Å². The van der Waals surface area contributed by atoms with Crippen LogP contribution >= 0.6 is 11.8 Å². The van der Waals surface area contributed by atoms with Crippen LogP contribution in [0, 0.1) is 0 Å². The van der Waals surface area contributed by atoms with E-state index in [0.29, 0.717) is 31.8 Å². The monoisotopic (exact) mass is 381 g/mol. The number of likely N-dealkylation sites (tertiary alicyclic amines) is 1. The quantitative estimate of drug-likeness (QED) is 0.884. The molecule has 140 valence electrons. The van der Waals surface area contributed by atoms with Crippen LogP contribution in [0.5, 0.6) is 0 Å². The van der Waals surface area contributed by atoms with Crippen molar-refractivity contribution in [1.82, 2.24) is 4.90 Å². The number of para-hydroxylation sites is 1. The molecule has 0 saturated carbocycles. The summed E-state index contributed by atoms with van der Waals surface area (Å²) in [7, 11) is 0. The maximum atomic E-state index is 12.8. The lowest BCUT2D eigenvalue weighted by atomic mass is 9.95. The minimum Gasteiger partial charge on any atom is -0.340 e. The number of benzene rings is 2. The van der Waals surface area contributed by atoms with E-state index in [1.807, 2.05) is 47.4 Å². The van der Waals surface area contributed by atoms with E-state index in [2.05, 4.69) is 12.1 Å². The summed E-state index contributed by atoms with van der Waals surface area (Å²) in [5.41, 5.74) is 8.39. The smallest absolute Gasteiger partial charge is 0.237 e. The zero-order chi connectivity index (χ0) is 18.8. The molecule has 0 aromatic heterocycles. The number of nitrogens with zero attached hydrogens (tertiary/aromatic N) is 2. The average molecular weight is 382 g/mol. The maximum absolute atomic E-state index is 12.8. The van der Waals surface area contributed by atoms with Crippen LogP contribution in [0.25, 0.3) is 0 Å². The van der Waals surface area contributed by atoms with Crippen molar-refractivity contribution < 1.29 is 9.59 Å². The van der Waals surface area contributed by atoms with Gasteiger partial charge in [0.25, 0.3) is 0 Å². The Morgan fingerprint density at radius 1 is 1.07 bits per heavy atom. The van der Waals surface area contributed by atoms with Crippen molar-refractivity contribution in [1.29, 1.82) is 0 Å². The van der Waals surface area contributed by atoms with Gasteiger partial charge in [0.1, 0.15) is 0 Å². The van der Waals surface area contributed by atoms with Gasteiger partial charge in [-0.2, -0.15) is 0 Å². The molecule has 4 rings (SSSR count). The van der Waals surface area contributed by atoms with Crippen molar-refractivity contribution in [3.8, 4) is 0 Å². The van der Waals surface area contributed by atoms with Crippen molar-refractivity contribution in [3.05, 3.63) is 60.2 Å². The molecule has 2 atom stereocenters. The van der Waals surface area contributed by atoms with Crippen LogP contribution in [0.4, 0.5) is 5.69 Å². The molecular formula is C21H23N3O2S. The van der Waals surface area contributed by atoms with Crippen molar-refractivity contribution in [3.63, 3.8) is 0 Å². The first-order valence-electron chi connectivity index (χ1n) is 9.24. The number of fused-ring (bicyclic) bond motifs is 1. The van der Waals surface area contributed by atoms with Gasteiger partial charge in [0, 0.05) is 42.9 Å². The Labute approximate surface area is 163 Å². The Morgan fingerprint density at radius 2 is 1.81 bits per heavy atom. The Balaban J connectivity index is 1.40. The van der Waals surface area contributed by atoms with Crippen LogP contribution in [0.1, 0.15) is 17.9 Å². The van der Waals surface area contributed by atoms with Gasteiger partial charge in [0.2, 0.25) is 11.8 Å². The highest BCUT2D eigenvalue weighted by Crippen LogP contribution is 2.35. The molecule has 2 N–H and O–H groups in total. The SMILES string of the molecule is N[C@@H]1CN(C(=O)CCN2C(=O)CSc3ccccc32)C[C@H]1c1ccccc1. The third kappa shape index (κ3) is 3.73. The molecule has 0 unspecified atom stereocenters. The van der Waals surface area contributed by atoms with Crippen LogP contribution in [-0.4, -0.2) is 48.1 Å².